The van der Waals surface area contributed by atoms with Crippen LogP contribution in [0.5, 0.6) is 0 Å². The molecule has 0 bridgehead atoms. The van der Waals surface area contributed by atoms with E-state index in [0.29, 0.717) is 31.5 Å². The molecule has 1 aromatic carbocycles. The number of nitrogens with one attached hydrogen (secondary N) is 1. The summed E-state index contributed by atoms with van der Waals surface area (Å²) in [5.41, 5.74) is 0.712. The summed E-state index contributed by atoms with van der Waals surface area (Å²) < 4.78 is 27.3. The molecule has 1 aliphatic rings. The lowest BCUT2D eigenvalue weighted by molar-refractivity contribution is -0.139. The minimum Gasteiger partial charge on any atom is -0.480 e. The molecule has 0 spiro atoms. The summed E-state index contributed by atoms with van der Waals surface area (Å²) >= 11 is 0. The molecule has 0 aromatic heterocycles. The maximum absolute atomic E-state index is 12.9. The van der Waals surface area contributed by atoms with Gasteiger partial charge in [0.25, 0.3) is 5.91 Å². The van der Waals surface area contributed by atoms with Crippen LogP contribution in [0.1, 0.15) is 54.9 Å². The number of aryl methyl sites for hydroxylation is 1. The number of carbonyl (C=O) groups is 2. The van der Waals surface area contributed by atoms with Crippen molar-refractivity contribution in [2.24, 2.45) is 0 Å². The molecule has 0 aliphatic carbocycles. The Balaban J connectivity index is 2.28. The minimum atomic E-state index is -3.67. The maximum atomic E-state index is 12.9. The number of carboxylic acids is 1. The van der Waals surface area contributed by atoms with E-state index >= 15 is 0 Å². The number of benzene rings is 1. The molecule has 8 heteroatoms. The molecule has 144 valence electrons. The molecule has 2 rings (SSSR count). The number of carboxylic acid groups (broad SMARTS) is 1. The van der Waals surface area contributed by atoms with Gasteiger partial charge in [0.1, 0.15) is 6.04 Å². The van der Waals surface area contributed by atoms with Crippen LogP contribution in [0.2, 0.25) is 0 Å². The highest BCUT2D eigenvalue weighted by Crippen LogP contribution is 2.24. The smallest absolute Gasteiger partial charge is 0.326 e. The SMILES string of the molecule is CCCC(NC(=O)c1ccc(C)c(S(=O)(=O)N2CCCCC2)c1)C(=O)O. The highest BCUT2D eigenvalue weighted by Gasteiger charge is 2.28. The average molecular weight is 382 g/mol. The monoisotopic (exact) mass is 382 g/mol. The first-order valence-corrected chi connectivity index (χ1v) is 10.4. The summed E-state index contributed by atoms with van der Waals surface area (Å²) in [5.74, 6) is -1.69. The molecule has 1 aliphatic heterocycles. The van der Waals surface area contributed by atoms with Gasteiger partial charge in [0, 0.05) is 18.7 Å². The molecule has 0 saturated carbocycles. The van der Waals surface area contributed by atoms with Crippen LogP contribution in [0.25, 0.3) is 0 Å². The average Bonchev–Trinajstić information content (AvgIpc) is 2.62. The second-order valence-electron chi connectivity index (χ2n) is 6.60. The van der Waals surface area contributed by atoms with Crippen LogP contribution >= 0.6 is 0 Å². The summed E-state index contributed by atoms with van der Waals surface area (Å²) in [5, 5.41) is 11.6. The van der Waals surface area contributed by atoms with Gasteiger partial charge >= 0.3 is 5.97 Å². The van der Waals surface area contributed by atoms with E-state index in [1.165, 1.54) is 16.4 Å². The topological polar surface area (TPSA) is 104 Å². The molecule has 1 heterocycles. The first-order chi connectivity index (χ1) is 12.3. The van der Waals surface area contributed by atoms with Crippen molar-refractivity contribution in [3.63, 3.8) is 0 Å². The van der Waals surface area contributed by atoms with Gasteiger partial charge in [-0.1, -0.05) is 25.8 Å². The van der Waals surface area contributed by atoms with Crippen LogP contribution in [-0.2, 0) is 14.8 Å². The Labute approximate surface area is 154 Å². The van der Waals surface area contributed by atoms with Crippen LogP contribution in [0.4, 0.5) is 0 Å². The van der Waals surface area contributed by atoms with Gasteiger partial charge in [0.15, 0.2) is 0 Å². The Kier molecular flexibility index (Phi) is 6.77. The second kappa shape index (κ2) is 8.64. The molecule has 1 atom stereocenters. The second-order valence-corrected chi connectivity index (χ2v) is 8.50. The summed E-state index contributed by atoms with van der Waals surface area (Å²) in [6, 6.07) is 3.46. The number of rotatable bonds is 7. The van der Waals surface area contributed by atoms with Crippen molar-refractivity contribution in [1.29, 1.82) is 0 Å². The van der Waals surface area contributed by atoms with Crippen LogP contribution in [0.3, 0.4) is 0 Å². The van der Waals surface area contributed by atoms with Crippen molar-refractivity contribution < 1.29 is 23.1 Å². The third-order valence-corrected chi connectivity index (χ3v) is 6.60. The predicted molar refractivity (Wildman–Crippen MR) is 97.6 cm³/mol. The van der Waals surface area contributed by atoms with E-state index in [4.69, 9.17) is 0 Å². The third-order valence-electron chi connectivity index (χ3n) is 4.56. The summed E-state index contributed by atoms with van der Waals surface area (Å²) in [6.07, 6.45) is 3.60. The molecule has 0 radical (unpaired) electrons. The van der Waals surface area contributed by atoms with Crippen LogP contribution in [0.15, 0.2) is 23.1 Å². The van der Waals surface area contributed by atoms with Crippen molar-refractivity contribution in [3.05, 3.63) is 29.3 Å². The molecule has 1 amide bonds. The van der Waals surface area contributed by atoms with Gasteiger partial charge in [-0.25, -0.2) is 13.2 Å². The molecule has 7 nitrogen and oxygen atoms in total. The van der Waals surface area contributed by atoms with Crippen molar-refractivity contribution in [3.8, 4) is 0 Å². The number of nitrogens with zero attached hydrogens (tertiary/aromatic N) is 1. The molecule has 1 unspecified atom stereocenters. The zero-order valence-corrected chi connectivity index (χ0v) is 16.0. The Morgan fingerprint density at radius 3 is 2.46 bits per heavy atom. The van der Waals surface area contributed by atoms with E-state index in [-0.39, 0.29) is 10.5 Å². The van der Waals surface area contributed by atoms with Crippen LogP contribution in [0, 0.1) is 6.92 Å². The Morgan fingerprint density at radius 2 is 1.88 bits per heavy atom. The van der Waals surface area contributed by atoms with Gasteiger partial charge in [-0.3, -0.25) is 4.79 Å². The van der Waals surface area contributed by atoms with E-state index in [2.05, 4.69) is 5.32 Å². The zero-order chi connectivity index (χ0) is 19.3. The fourth-order valence-corrected chi connectivity index (χ4v) is 4.82. The number of hydrogen-bond acceptors (Lipinski definition) is 4. The Hall–Kier alpha value is -1.93. The highest BCUT2D eigenvalue weighted by atomic mass is 32.2. The normalized spacial score (nSPS) is 16.8. The van der Waals surface area contributed by atoms with E-state index in [1.54, 1.807) is 13.0 Å². The quantitative estimate of drug-likeness (QED) is 0.752. The van der Waals surface area contributed by atoms with Crippen LogP contribution < -0.4 is 5.32 Å². The summed E-state index contributed by atoms with van der Waals surface area (Å²) in [7, 11) is -3.67. The summed E-state index contributed by atoms with van der Waals surface area (Å²) in [6.45, 7) is 4.48. The van der Waals surface area contributed by atoms with Gasteiger partial charge in [0.2, 0.25) is 10.0 Å². The Morgan fingerprint density at radius 1 is 1.23 bits per heavy atom. The van der Waals surface area contributed by atoms with E-state index < -0.39 is 27.9 Å². The number of sulfonamides is 1. The van der Waals surface area contributed by atoms with Gasteiger partial charge < -0.3 is 10.4 Å². The van der Waals surface area contributed by atoms with E-state index in [1.807, 2.05) is 6.92 Å². The van der Waals surface area contributed by atoms with E-state index in [0.717, 1.165) is 19.3 Å². The lowest BCUT2D eigenvalue weighted by atomic mass is 10.1. The van der Waals surface area contributed by atoms with Crippen molar-refractivity contribution in [1.82, 2.24) is 9.62 Å². The number of carbonyl (C=O) groups excluding carboxylic acids is 1. The number of amides is 1. The first kappa shape index (κ1) is 20.4. The van der Waals surface area contributed by atoms with Gasteiger partial charge in [-0.15, -0.1) is 0 Å². The molecular weight excluding hydrogens is 356 g/mol. The molecule has 1 aromatic rings. The molecule has 1 fully saturated rings. The lowest BCUT2D eigenvalue weighted by Gasteiger charge is -2.26. The lowest BCUT2D eigenvalue weighted by Crippen LogP contribution is -2.40. The molecule has 26 heavy (non-hydrogen) atoms. The predicted octanol–water partition coefficient (Wildman–Crippen LogP) is 2.15. The standard InChI is InChI=1S/C18H26N2O5S/c1-3-7-15(18(22)23)19-17(21)14-9-8-13(2)16(12-14)26(24,25)20-10-5-4-6-11-20/h8-9,12,15H,3-7,10-11H2,1-2H3,(H,19,21)(H,22,23). The van der Waals surface area contributed by atoms with Crippen molar-refractivity contribution in [2.75, 3.05) is 13.1 Å². The molecule has 1 saturated heterocycles. The first-order valence-electron chi connectivity index (χ1n) is 8.92. The zero-order valence-electron chi connectivity index (χ0n) is 15.2. The van der Waals surface area contributed by atoms with E-state index in [9.17, 15) is 23.1 Å². The van der Waals surface area contributed by atoms with Gasteiger partial charge in [-0.2, -0.15) is 4.31 Å². The van der Waals surface area contributed by atoms with Gasteiger partial charge in [0.05, 0.1) is 4.90 Å². The maximum Gasteiger partial charge on any atom is 0.326 e. The van der Waals surface area contributed by atoms with Crippen LogP contribution in [-0.4, -0.2) is 48.8 Å². The van der Waals surface area contributed by atoms with Crippen molar-refractivity contribution in [2.45, 2.75) is 56.9 Å². The molecule has 2 N–H and O–H groups in total. The summed E-state index contributed by atoms with van der Waals surface area (Å²) in [4.78, 5) is 23.7. The third kappa shape index (κ3) is 4.62. The van der Waals surface area contributed by atoms with Crippen molar-refractivity contribution >= 4 is 21.9 Å². The fraction of sp³-hybridized carbons (Fsp3) is 0.556. The highest BCUT2D eigenvalue weighted by molar-refractivity contribution is 7.89. The molecular formula is C18H26N2O5S. The largest absolute Gasteiger partial charge is 0.480 e. The minimum absolute atomic E-state index is 0.106. The Bertz CT molecular complexity index is 770. The van der Waals surface area contributed by atoms with Gasteiger partial charge in [-0.05, 0) is 43.9 Å². The number of piperidine rings is 1. The number of aliphatic carboxylic acids is 1. The number of hydrogen-bond donors (Lipinski definition) is 2. The fourth-order valence-electron chi connectivity index (χ4n) is 3.05.